The number of aromatic nitrogens is 4. The summed E-state index contributed by atoms with van der Waals surface area (Å²) < 4.78 is 1.94. The van der Waals surface area contributed by atoms with Crippen LogP contribution >= 0.6 is 0 Å². The third-order valence-electron chi connectivity index (χ3n) is 4.50. The van der Waals surface area contributed by atoms with Crippen LogP contribution in [0.5, 0.6) is 0 Å². The maximum absolute atomic E-state index is 12.4. The van der Waals surface area contributed by atoms with Gasteiger partial charge in [0.2, 0.25) is 5.91 Å². The van der Waals surface area contributed by atoms with Crippen molar-refractivity contribution in [2.75, 3.05) is 18.9 Å². The van der Waals surface area contributed by atoms with E-state index in [2.05, 4.69) is 15.6 Å². The first-order valence-electron chi connectivity index (χ1n) is 8.63. The summed E-state index contributed by atoms with van der Waals surface area (Å²) in [5.41, 5.74) is 8.33. The maximum atomic E-state index is 12.4. The van der Waals surface area contributed by atoms with Crippen molar-refractivity contribution in [3.8, 4) is 5.82 Å². The van der Waals surface area contributed by atoms with Gasteiger partial charge in [-0.25, -0.2) is 9.97 Å². The van der Waals surface area contributed by atoms with Gasteiger partial charge in [0.05, 0.1) is 22.9 Å². The fourth-order valence-electron chi connectivity index (χ4n) is 3.25. The molecule has 1 aliphatic rings. The second-order valence-corrected chi connectivity index (χ2v) is 6.55. The van der Waals surface area contributed by atoms with E-state index in [0.717, 1.165) is 16.7 Å². The van der Waals surface area contributed by atoms with Crippen LogP contribution in [0, 0.1) is 0 Å². The molecule has 1 unspecified atom stereocenters. The zero-order chi connectivity index (χ0) is 18.3. The second-order valence-electron chi connectivity index (χ2n) is 6.55. The van der Waals surface area contributed by atoms with Gasteiger partial charge < -0.3 is 16.4 Å². The standard InChI is InChI=1S/C18H21N7O/c1-10(19)8-22-15-9-21-13-7-11(18(26)20-2)16-23-12-5-3-4-6-14(12)25(16)17(13)24-15/h3-6,9-11H,7-8,19H2,1-2H3,(H,20,26)(H,22,24)/t10-,11?/m1/s1. The lowest BCUT2D eigenvalue weighted by molar-refractivity contribution is -0.122. The average molecular weight is 351 g/mol. The number of carbonyl (C=O) groups excluding carboxylic acids is 1. The number of amides is 1. The van der Waals surface area contributed by atoms with Crippen molar-refractivity contribution in [2.45, 2.75) is 25.3 Å². The Balaban J connectivity index is 1.88. The van der Waals surface area contributed by atoms with Crippen LogP contribution in [0.3, 0.4) is 0 Å². The number of fused-ring (bicyclic) bond motifs is 5. The molecule has 3 heterocycles. The van der Waals surface area contributed by atoms with E-state index in [0.29, 0.717) is 30.4 Å². The van der Waals surface area contributed by atoms with Crippen molar-refractivity contribution >= 4 is 22.8 Å². The monoisotopic (exact) mass is 351 g/mol. The van der Waals surface area contributed by atoms with Crippen LogP contribution in [0.1, 0.15) is 24.4 Å². The van der Waals surface area contributed by atoms with E-state index in [1.807, 2.05) is 35.8 Å². The van der Waals surface area contributed by atoms with Crippen LogP contribution in [-0.2, 0) is 11.2 Å². The van der Waals surface area contributed by atoms with Crippen LogP contribution in [0.15, 0.2) is 30.5 Å². The molecule has 134 valence electrons. The first-order chi connectivity index (χ1) is 12.6. The molecule has 0 spiro atoms. The number of carbonyl (C=O) groups is 1. The Labute approximate surface area is 150 Å². The average Bonchev–Trinajstić information content (AvgIpc) is 3.04. The number of nitrogens with zero attached hydrogens (tertiary/aromatic N) is 4. The van der Waals surface area contributed by atoms with Gasteiger partial charge in [-0.05, 0) is 19.1 Å². The number of nitrogens with one attached hydrogen (secondary N) is 2. The van der Waals surface area contributed by atoms with Gasteiger partial charge in [-0.3, -0.25) is 14.3 Å². The zero-order valence-corrected chi connectivity index (χ0v) is 14.7. The smallest absolute Gasteiger partial charge is 0.230 e. The van der Waals surface area contributed by atoms with Crippen molar-refractivity contribution in [1.29, 1.82) is 0 Å². The van der Waals surface area contributed by atoms with E-state index in [1.54, 1.807) is 13.2 Å². The zero-order valence-electron chi connectivity index (χ0n) is 14.7. The van der Waals surface area contributed by atoms with Crippen molar-refractivity contribution in [3.05, 3.63) is 42.0 Å². The maximum Gasteiger partial charge on any atom is 0.230 e. The van der Waals surface area contributed by atoms with E-state index < -0.39 is 5.92 Å². The third-order valence-corrected chi connectivity index (χ3v) is 4.50. The highest BCUT2D eigenvalue weighted by Crippen LogP contribution is 2.34. The minimum absolute atomic E-state index is 0.00935. The fraction of sp³-hybridized carbons (Fsp3) is 0.333. The Morgan fingerprint density at radius 2 is 2.19 bits per heavy atom. The third kappa shape index (κ3) is 2.68. The quantitative estimate of drug-likeness (QED) is 0.646. The lowest BCUT2D eigenvalue weighted by Gasteiger charge is -2.24. The van der Waals surface area contributed by atoms with E-state index in [-0.39, 0.29) is 11.9 Å². The van der Waals surface area contributed by atoms with Crippen molar-refractivity contribution in [2.24, 2.45) is 5.73 Å². The van der Waals surface area contributed by atoms with Gasteiger partial charge in [0.15, 0.2) is 5.82 Å². The molecule has 0 bridgehead atoms. The molecule has 4 rings (SSSR count). The normalized spacial score (nSPS) is 16.7. The highest BCUT2D eigenvalue weighted by Gasteiger charge is 2.34. The van der Waals surface area contributed by atoms with Crippen LogP contribution in [0.25, 0.3) is 16.9 Å². The number of rotatable bonds is 4. The lowest BCUT2D eigenvalue weighted by atomic mass is 9.98. The Morgan fingerprint density at radius 1 is 1.38 bits per heavy atom. The molecule has 2 aromatic heterocycles. The molecular formula is C18H21N7O. The van der Waals surface area contributed by atoms with Gasteiger partial charge >= 0.3 is 0 Å². The molecular weight excluding hydrogens is 330 g/mol. The predicted octanol–water partition coefficient (Wildman–Crippen LogP) is 0.960. The molecule has 0 aliphatic carbocycles. The predicted molar refractivity (Wildman–Crippen MR) is 99.3 cm³/mol. The molecule has 0 fully saturated rings. The molecule has 1 aliphatic heterocycles. The van der Waals surface area contributed by atoms with E-state index >= 15 is 0 Å². The minimum atomic E-state index is -0.392. The van der Waals surface area contributed by atoms with Crippen LogP contribution in [-0.4, -0.2) is 45.1 Å². The number of imidazole rings is 1. The van der Waals surface area contributed by atoms with Gasteiger partial charge in [0, 0.05) is 26.1 Å². The highest BCUT2D eigenvalue weighted by molar-refractivity contribution is 5.87. The molecule has 4 N–H and O–H groups in total. The molecule has 0 radical (unpaired) electrons. The Morgan fingerprint density at radius 3 is 2.96 bits per heavy atom. The molecule has 26 heavy (non-hydrogen) atoms. The topological polar surface area (TPSA) is 111 Å². The van der Waals surface area contributed by atoms with E-state index in [1.165, 1.54) is 0 Å². The first kappa shape index (κ1) is 16.5. The number of para-hydroxylation sites is 2. The number of hydrogen-bond acceptors (Lipinski definition) is 6. The molecule has 2 atom stereocenters. The number of benzene rings is 1. The molecule has 3 aromatic rings. The van der Waals surface area contributed by atoms with Gasteiger partial charge in [0.1, 0.15) is 17.6 Å². The van der Waals surface area contributed by atoms with Crippen molar-refractivity contribution in [1.82, 2.24) is 24.8 Å². The van der Waals surface area contributed by atoms with Gasteiger partial charge in [-0.2, -0.15) is 0 Å². The summed E-state index contributed by atoms with van der Waals surface area (Å²) in [5.74, 6) is 1.59. The summed E-state index contributed by atoms with van der Waals surface area (Å²) in [4.78, 5) is 26.4. The molecule has 0 saturated carbocycles. The summed E-state index contributed by atoms with van der Waals surface area (Å²) in [7, 11) is 1.64. The SMILES string of the molecule is CNC(=O)C1Cc2ncc(NC[C@@H](C)N)nc2-n2c1nc1ccccc12. The largest absolute Gasteiger partial charge is 0.367 e. The lowest BCUT2D eigenvalue weighted by Crippen LogP contribution is -2.33. The molecule has 1 amide bonds. The molecule has 0 saturated heterocycles. The second kappa shape index (κ2) is 6.38. The van der Waals surface area contributed by atoms with Crippen molar-refractivity contribution in [3.63, 3.8) is 0 Å². The summed E-state index contributed by atoms with van der Waals surface area (Å²) in [6, 6.07) is 7.81. The Kier molecular flexibility index (Phi) is 4.04. The number of nitrogens with two attached hydrogens (primary N) is 1. The number of hydrogen-bond donors (Lipinski definition) is 3. The fourth-order valence-corrected chi connectivity index (χ4v) is 3.25. The molecule has 8 nitrogen and oxygen atoms in total. The minimum Gasteiger partial charge on any atom is -0.367 e. The summed E-state index contributed by atoms with van der Waals surface area (Å²) >= 11 is 0. The summed E-state index contributed by atoms with van der Waals surface area (Å²) in [5, 5.41) is 5.93. The Hall–Kier alpha value is -3.00. The molecule has 8 heteroatoms. The van der Waals surface area contributed by atoms with Crippen LogP contribution in [0.4, 0.5) is 5.82 Å². The number of anilines is 1. The van der Waals surface area contributed by atoms with Gasteiger partial charge in [0.25, 0.3) is 0 Å². The highest BCUT2D eigenvalue weighted by atomic mass is 16.1. The van der Waals surface area contributed by atoms with E-state index in [9.17, 15) is 4.79 Å². The summed E-state index contributed by atoms with van der Waals surface area (Å²) in [6.07, 6.45) is 2.16. The van der Waals surface area contributed by atoms with Crippen LogP contribution < -0.4 is 16.4 Å². The first-order valence-corrected chi connectivity index (χ1v) is 8.63. The van der Waals surface area contributed by atoms with Crippen molar-refractivity contribution < 1.29 is 4.79 Å². The van der Waals surface area contributed by atoms with Gasteiger partial charge in [-0.1, -0.05) is 12.1 Å². The van der Waals surface area contributed by atoms with E-state index in [4.69, 9.17) is 15.7 Å². The Bertz CT molecular complexity index is 979. The number of likely N-dealkylation sites (N-methyl/N-ethyl adjacent to an activating group) is 1. The van der Waals surface area contributed by atoms with Crippen LogP contribution in [0.2, 0.25) is 0 Å². The van der Waals surface area contributed by atoms with Gasteiger partial charge in [-0.15, -0.1) is 0 Å². The summed E-state index contributed by atoms with van der Waals surface area (Å²) in [6.45, 7) is 2.53. The molecule has 1 aromatic carbocycles.